The molecule has 1 aliphatic rings. The van der Waals surface area contributed by atoms with Crippen molar-refractivity contribution in [3.8, 4) is 17.0 Å². The minimum absolute atomic E-state index is 0.210. The van der Waals surface area contributed by atoms with Crippen molar-refractivity contribution >= 4 is 0 Å². The topological polar surface area (TPSA) is 49.3 Å². The molecule has 0 amide bonds. The van der Waals surface area contributed by atoms with E-state index < -0.39 is 11.7 Å². The number of halogens is 3. The number of aromatic hydroxyl groups is 1. The zero-order chi connectivity index (χ0) is 22.0. The summed E-state index contributed by atoms with van der Waals surface area (Å²) in [5.74, 6) is 1.00. The molecule has 0 bridgehead atoms. The summed E-state index contributed by atoms with van der Waals surface area (Å²) in [6, 6.07) is 12.4. The zero-order valence-corrected chi connectivity index (χ0v) is 17.3. The highest BCUT2D eigenvalue weighted by Gasteiger charge is 2.30. The number of benzene rings is 2. The van der Waals surface area contributed by atoms with Crippen molar-refractivity contribution in [2.24, 2.45) is 0 Å². The van der Waals surface area contributed by atoms with Gasteiger partial charge < -0.3 is 5.11 Å². The number of alkyl halides is 3. The number of hydrogen-bond acceptors (Lipinski definition) is 4. The molecule has 31 heavy (non-hydrogen) atoms. The van der Waals surface area contributed by atoms with Crippen LogP contribution < -0.4 is 0 Å². The molecule has 4 rings (SSSR count). The van der Waals surface area contributed by atoms with E-state index in [0.717, 1.165) is 78.4 Å². The van der Waals surface area contributed by atoms with Crippen LogP contribution in [0.3, 0.4) is 0 Å². The molecule has 0 fully saturated rings. The molecule has 0 saturated heterocycles. The summed E-state index contributed by atoms with van der Waals surface area (Å²) >= 11 is 0. The predicted molar refractivity (Wildman–Crippen MR) is 113 cm³/mol. The van der Waals surface area contributed by atoms with Crippen LogP contribution in [-0.4, -0.2) is 33.1 Å². The maximum Gasteiger partial charge on any atom is 0.416 e. The lowest BCUT2D eigenvalue weighted by atomic mass is 10.0. The van der Waals surface area contributed by atoms with Crippen molar-refractivity contribution in [3.63, 3.8) is 0 Å². The Labute approximate surface area is 179 Å². The lowest BCUT2D eigenvalue weighted by Gasteiger charge is -2.20. The summed E-state index contributed by atoms with van der Waals surface area (Å²) in [6.07, 6.45) is -2.07. The van der Waals surface area contributed by atoms with Crippen LogP contribution in [0.1, 0.15) is 35.1 Å². The van der Waals surface area contributed by atoms with Gasteiger partial charge in [-0.1, -0.05) is 19.1 Å². The normalized spacial score (nSPS) is 14.8. The van der Waals surface area contributed by atoms with Crippen molar-refractivity contribution in [2.45, 2.75) is 38.9 Å². The zero-order valence-electron chi connectivity index (χ0n) is 17.3. The monoisotopic (exact) mass is 427 g/mol. The van der Waals surface area contributed by atoms with E-state index in [-0.39, 0.29) is 5.75 Å². The molecule has 2 aromatic carbocycles. The first kappa shape index (κ1) is 21.3. The van der Waals surface area contributed by atoms with Crippen LogP contribution in [0.2, 0.25) is 0 Å². The summed E-state index contributed by atoms with van der Waals surface area (Å²) in [5.41, 5.74) is 4.22. The Kier molecular flexibility index (Phi) is 5.96. The fourth-order valence-electron chi connectivity index (χ4n) is 3.93. The smallest absolute Gasteiger partial charge is 0.416 e. The number of phenolic OH excluding ortho intramolecular Hbond substituents is 1. The van der Waals surface area contributed by atoms with Crippen LogP contribution >= 0.6 is 0 Å². The summed E-state index contributed by atoms with van der Waals surface area (Å²) in [5, 5.41) is 9.62. The van der Waals surface area contributed by atoms with Gasteiger partial charge in [-0.05, 0) is 48.4 Å². The van der Waals surface area contributed by atoms with E-state index in [9.17, 15) is 18.3 Å². The predicted octanol–water partition coefficient (Wildman–Crippen LogP) is 5.03. The molecule has 2 heterocycles. The van der Waals surface area contributed by atoms with Crippen molar-refractivity contribution in [1.29, 1.82) is 0 Å². The highest BCUT2D eigenvalue weighted by molar-refractivity contribution is 5.65. The number of fused-ring (bicyclic) bond motifs is 1. The number of nitrogens with zero attached hydrogens (tertiary/aromatic N) is 3. The molecular weight excluding hydrogens is 403 g/mol. The van der Waals surface area contributed by atoms with Gasteiger partial charge in [-0.2, -0.15) is 13.2 Å². The van der Waals surface area contributed by atoms with Crippen LogP contribution in [0.25, 0.3) is 11.3 Å². The van der Waals surface area contributed by atoms with E-state index in [4.69, 9.17) is 9.97 Å². The molecule has 0 spiro atoms. The lowest BCUT2D eigenvalue weighted by molar-refractivity contribution is -0.137. The Balaban J connectivity index is 1.55. The van der Waals surface area contributed by atoms with Gasteiger partial charge in [0.15, 0.2) is 0 Å². The first-order valence-electron chi connectivity index (χ1n) is 10.4. The van der Waals surface area contributed by atoms with Gasteiger partial charge in [-0.15, -0.1) is 0 Å². The maximum absolute atomic E-state index is 12.8. The van der Waals surface area contributed by atoms with Crippen molar-refractivity contribution in [1.82, 2.24) is 14.9 Å². The molecule has 3 aromatic rings. The molecule has 0 aliphatic carbocycles. The Morgan fingerprint density at radius 3 is 2.26 bits per heavy atom. The van der Waals surface area contributed by atoms with Crippen molar-refractivity contribution < 1.29 is 18.3 Å². The fraction of sp³-hybridized carbons (Fsp3) is 0.333. The van der Waals surface area contributed by atoms with Gasteiger partial charge in [0.05, 0.1) is 11.3 Å². The molecular formula is C24H24F3N3O. The van der Waals surface area contributed by atoms with Crippen LogP contribution in [0, 0.1) is 0 Å². The van der Waals surface area contributed by atoms with Gasteiger partial charge in [0, 0.05) is 49.3 Å². The summed E-state index contributed by atoms with van der Waals surface area (Å²) in [4.78, 5) is 11.8. The van der Waals surface area contributed by atoms with E-state index in [1.807, 2.05) is 19.1 Å². The van der Waals surface area contributed by atoms with E-state index >= 15 is 0 Å². The Morgan fingerprint density at radius 2 is 1.61 bits per heavy atom. The molecule has 0 saturated carbocycles. The molecule has 162 valence electrons. The van der Waals surface area contributed by atoms with Gasteiger partial charge in [-0.25, -0.2) is 9.97 Å². The average Bonchev–Trinajstić information content (AvgIpc) is 2.96. The minimum Gasteiger partial charge on any atom is -0.508 e. The number of rotatable bonds is 4. The minimum atomic E-state index is -4.32. The quantitative estimate of drug-likeness (QED) is 0.634. The highest BCUT2D eigenvalue weighted by atomic mass is 19.4. The molecule has 0 radical (unpaired) electrons. The summed E-state index contributed by atoms with van der Waals surface area (Å²) < 4.78 is 38.4. The SMILES string of the molecule is CCc1nc2c(c(-c3ccc(O)cc3)n1)CCN(Cc1ccc(C(F)(F)F)cc1)CC2. The number of aryl methyl sites for hydroxylation is 1. The molecule has 1 aliphatic heterocycles. The fourth-order valence-corrected chi connectivity index (χ4v) is 3.93. The Hall–Kier alpha value is -2.93. The Bertz CT molecular complexity index is 1050. The lowest BCUT2D eigenvalue weighted by Crippen LogP contribution is -2.26. The second-order valence-corrected chi connectivity index (χ2v) is 7.78. The number of hydrogen-bond donors (Lipinski definition) is 1. The summed E-state index contributed by atoms with van der Waals surface area (Å²) in [7, 11) is 0. The number of phenols is 1. The number of aromatic nitrogens is 2. The first-order chi connectivity index (χ1) is 14.8. The summed E-state index contributed by atoms with van der Waals surface area (Å²) in [6.45, 7) is 4.17. The second-order valence-electron chi connectivity index (χ2n) is 7.78. The average molecular weight is 427 g/mol. The largest absolute Gasteiger partial charge is 0.508 e. The standard InChI is InChI=1S/C24H24F3N3O/c1-2-22-28-21-12-14-30(15-16-3-7-18(8-4-16)24(25,26)27)13-11-20(21)23(29-22)17-5-9-19(31)10-6-17/h3-10,31H,2,11-15H2,1H3. The molecule has 1 N–H and O–H groups in total. The third-order valence-corrected chi connectivity index (χ3v) is 5.63. The van der Waals surface area contributed by atoms with Crippen LogP contribution in [-0.2, 0) is 32.0 Å². The van der Waals surface area contributed by atoms with E-state index in [1.165, 1.54) is 0 Å². The second kappa shape index (κ2) is 8.67. The molecule has 1 aromatic heterocycles. The molecule has 7 heteroatoms. The van der Waals surface area contributed by atoms with Crippen LogP contribution in [0.15, 0.2) is 48.5 Å². The van der Waals surface area contributed by atoms with E-state index in [1.54, 1.807) is 24.3 Å². The first-order valence-corrected chi connectivity index (χ1v) is 10.4. The Morgan fingerprint density at radius 1 is 0.935 bits per heavy atom. The van der Waals surface area contributed by atoms with Gasteiger partial charge in [-0.3, -0.25) is 4.90 Å². The van der Waals surface area contributed by atoms with Crippen LogP contribution in [0.4, 0.5) is 13.2 Å². The maximum atomic E-state index is 12.8. The van der Waals surface area contributed by atoms with Gasteiger partial charge in [0.2, 0.25) is 0 Å². The van der Waals surface area contributed by atoms with Gasteiger partial charge in [0.25, 0.3) is 0 Å². The molecule has 0 unspecified atom stereocenters. The van der Waals surface area contributed by atoms with Gasteiger partial charge >= 0.3 is 6.18 Å². The van der Waals surface area contributed by atoms with Crippen molar-refractivity contribution in [2.75, 3.05) is 13.1 Å². The van der Waals surface area contributed by atoms with E-state index in [2.05, 4.69) is 4.90 Å². The highest BCUT2D eigenvalue weighted by Crippen LogP contribution is 2.30. The van der Waals surface area contributed by atoms with Crippen LogP contribution in [0.5, 0.6) is 5.75 Å². The molecule has 4 nitrogen and oxygen atoms in total. The van der Waals surface area contributed by atoms with E-state index in [0.29, 0.717) is 6.54 Å². The van der Waals surface area contributed by atoms with Crippen molar-refractivity contribution in [3.05, 3.63) is 76.7 Å². The third kappa shape index (κ3) is 4.88. The molecule has 0 atom stereocenters. The third-order valence-electron chi connectivity index (χ3n) is 5.63. The van der Waals surface area contributed by atoms with Gasteiger partial charge in [0.1, 0.15) is 11.6 Å².